The molecule has 1 heterocycles. The Kier molecular flexibility index (Phi) is 3.35. The Morgan fingerprint density at radius 3 is 2.75 bits per heavy atom. The molecule has 0 spiro atoms. The molecule has 0 fully saturated rings. The molecule has 4 heteroatoms. The summed E-state index contributed by atoms with van der Waals surface area (Å²) in [7, 11) is 1.81. The van der Waals surface area contributed by atoms with Gasteiger partial charge in [-0.1, -0.05) is 0 Å². The van der Waals surface area contributed by atoms with E-state index in [4.69, 9.17) is 0 Å². The van der Waals surface area contributed by atoms with E-state index in [2.05, 4.69) is 15.3 Å². The lowest BCUT2D eigenvalue weighted by atomic mass is 10.2. The molecular formula is C8H11N3O. The van der Waals surface area contributed by atoms with Crippen molar-refractivity contribution in [3.05, 3.63) is 24.3 Å². The Morgan fingerprint density at radius 2 is 2.17 bits per heavy atom. The third-order valence-electron chi connectivity index (χ3n) is 1.48. The highest BCUT2D eigenvalue weighted by molar-refractivity contribution is 5.95. The molecule has 12 heavy (non-hydrogen) atoms. The quantitative estimate of drug-likeness (QED) is 0.650. The van der Waals surface area contributed by atoms with Gasteiger partial charge in [0.1, 0.15) is 6.33 Å². The summed E-state index contributed by atoms with van der Waals surface area (Å²) in [5, 5.41) is 2.91. The summed E-state index contributed by atoms with van der Waals surface area (Å²) in [4.78, 5) is 18.8. The van der Waals surface area contributed by atoms with Crippen LogP contribution in [-0.4, -0.2) is 29.3 Å². The maximum atomic E-state index is 11.3. The van der Waals surface area contributed by atoms with Gasteiger partial charge >= 0.3 is 0 Å². The highest BCUT2D eigenvalue weighted by atomic mass is 16.1. The molecule has 4 nitrogen and oxygen atoms in total. The van der Waals surface area contributed by atoms with E-state index in [9.17, 15) is 4.79 Å². The Bertz CT molecular complexity index is 248. The largest absolute Gasteiger partial charge is 0.319 e. The number of carbonyl (C=O) groups excluding carboxylic acids is 1. The van der Waals surface area contributed by atoms with Crippen molar-refractivity contribution < 1.29 is 4.79 Å². The summed E-state index contributed by atoms with van der Waals surface area (Å²) in [6.45, 7) is 0.688. The topological polar surface area (TPSA) is 54.9 Å². The lowest BCUT2D eigenvalue weighted by Crippen LogP contribution is -2.13. The lowest BCUT2D eigenvalue weighted by Gasteiger charge is -1.97. The highest BCUT2D eigenvalue weighted by Gasteiger charge is 2.03. The van der Waals surface area contributed by atoms with Crippen molar-refractivity contribution in [2.45, 2.75) is 6.42 Å². The number of nitrogens with zero attached hydrogens (tertiary/aromatic N) is 2. The summed E-state index contributed by atoms with van der Waals surface area (Å²) in [5.74, 6) is 0.0740. The predicted octanol–water partition coefficient (Wildman–Crippen LogP) is 0.269. The van der Waals surface area contributed by atoms with Gasteiger partial charge in [-0.25, -0.2) is 9.97 Å². The fraction of sp³-hybridized carbons (Fsp3) is 0.375. The van der Waals surface area contributed by atoms with Crippen molar-refractivity contribution in [1.82, 2.24) is 15.3 Å². The normalized spacial score (nSPS) is 9.75. The van der Waals surface area contributed by atoms with E-state index >= 15 is 0 Å². The molecular weight excluding hydrogens is 154 g/mol. The summed E-state index contributed by atoms with van der Waals surface area (Å²) >= 11 is 0. The van der Waals surface area contributed by atoms with Gasteiger partial charge in [0.05, 0.1) is 5.56 Å². The number of hydrogen-bond donors (Lipinski definition) is 1. The third-order valence-corrected chi connectivity index (χ3v) is 1.48. The molecule has 0 bridgehead atoms. The second-order valence-electron chi connectivity index (χ2n) is 2.40. The Hall–Kier alpha value is -1.29. The van der Waals surface area contributed by atoms with Crippen LogP contribution in [0.25, 0.3) is 0 Å². The Morgan fingerprint density at radius 1 is 1.50 bits per heavy atom. The van der Waals surface area contributed by atoms with E-state index in [1.54, 1.807) is 0 Å². The summed E-state index contributed by atoms with van der Waals surface area (Å²) in [6.07, 6.45) is 4.97. The molecule has 0 aliphatic heterocycles. The predicted molar refractivity (Wildman–Crippen MR) is 44.9 cm³/mol. The van der Waals surface area contributed by atoms with Crippen molar-refractivity contribution >= 4 is 5.78 Å². The van der Waals surface area contributed by atoms with Gasteiger partial charge in [-0.3, -0.25) is 4.79 Å². The monoisotopic (exact) mass is 165 g/mol. The summed E-state index contributed by atoms with van der Waals surface area (Å²) in [6, 6.07) is 0. The molecule has 1 aromatic heterocycles. The van der Waals surface area contributed by atoms with Gasteiger partial charge in [-0.15, -0.1) is 0 Å². The van der Waals surface area contributed by atoms with Gasteiger partial charge in [-0.2, -0.15) is 0 Å². The molecule has 0 aliphatic carbocycles. The minimum absolute atomic E-state index is 0.0740. The SMILES string of the molecule is CNCCC(=O)c1cncnc1. The molecule has 0 saturated carbocycles. The molecule has 1 rings (SSSR count). The van der Waals surface area contributed by atoms with Crippen LogP contribution < -0.4 is 5.32 Å². The van der Waals surface area contributed by atoms with E-state index < -0.39 is 0 Å². The van der Waals surface area contributed by atoms with Crippen LogP contribution >= 0.6 is 0 Å². The first-order chi connectivity index (χ1) is 5.84. The molecule has 64 valence electrons. The van der Waals surface area contributed by atoms with Gasteiger partial charge in [0, 0.05) is 25.4 Å². The highest BCUT2D eigenvalue weighted by Crippen LogP contribution is 1.97. The molecule has 0 saturated heterocycles. The van der Waals surface area contributed by atoms with Crippen LogP contribution in [0.2, 0.25) is 0 Å². The second-order valence-corrected chi connectivity index (χ2v) is 2.40. The van der Waals surface area contributed by atoms with Gasteiger partial charge < -0.3 is 5.32 Å². The van der Waals surface area contributed by atoms with Gasteiger partial charge in [0.25, 0.3) is 0 Å². The van der Waals surface area contributed by atoms with Crippen molar-refractivity contribution in [2.75, 3.05) is 13.6 Å². The average molecular weight is 165 g/mol. The van der Waals surface area contributed by atoms with Crippen LogP contribution in [0.15, 0.2) is 18.7 Å². The maximum absolute atomic E-state index is 11.3. The molecule has 0 unspecified atom stereocenters. The zero-order chi connectivity index (χ0) is 8.81. The molecule has 0 atom stereocenters. The van der Waals surface area contributed by atoms with E-state index in [-0.39, 0.29) is 5.78 Å². The fourth-order valence-corrected chi connectivity index (χ4v) is 0.826. The van der Waals surface area contributed by atoms with Crippen LogP contribution in [0, 0.1) is 0 Å². The van der Waals surface area contributed by atoms with Crippen molar-refractivity contribution in [3.63, 3.8) is 0 Å². The van der Waals surface area contributed by atoms with Crippen LogP contribution in [0.5, 0.6) is 0 Å². The minimum Gasteiger partial charge on any atom is -0.319 e. The minimum atomic E-state index is 0.0740. The zero-order valence-corrected chi connectivity index (χ0v) is 6.95. The van der Waals surface area contributed by atoms with Crippen LogP contribution in [0.1, 0.15) is 16.8 Å². The smallest absolute Gasteiger partial charge is 0.167 e. The van der Waals surface area contributed by atoms with Crippen LogP contribution in [0.3, 0.4) is 0 Å². The fourth-order valence-electron chi connectivity index (χ4n) is 0.826. The van der Waals surface area contributed by atoms with Crippen molar-refractivity contribution in [3.8, 4) is 0 Å². The number of carbonyl (C=O) groups is 1. The average Bonchev–Trinajstić information content (AvgIpc) is 2.15. The molecule has 1 aromatic rings. The van der Waals surface area contributed by atoms with Gasteiger partial charge in [0.2, 0.25) is 0 Å². The Balaban J connectivity index is 2.54. The first-order valence-electron chi connectivity index (χ1n) is 3.77. The van der Waals surface area contributed by atoms with E-state index in [0.29, 0.717) is 18.5 Å². The summed E-state index contributed by atoms with van der Waals surface area (Å²) in [5.41, 5.74) is 0.577. The Labute approximate surface area is 71.0 Å². The maximum Gasteiger partial charge on any atom is 0.167 e. The lowest BCUT2D eigenvalue weighted by molar-refractivity contribution is 0.0982. The first kappa shape index (κ1) is 8.80. The van der Waals surface area contributed by atoms with Gasteiger partial charge in [-0.05, 0) is 7.05 Å². The number of nitrogens with one attached hydrogen (secondary N) is 1. The van der Waals surface area contributed by atoms with E-state index in [1.165, 1.54) is 18.7 Å². The van der Waals surface area contributed by atoms with E-state index in [1.807, 2.05) is 7.05 Å². The zero-order valence-electron chi connectivity index (χ0n) is 6.95. The number of aromatic nitrogens is 2. The van der Waals surface area contributed by atoms with Gasteiger partial charge in [0.15, 0.2) is 5.78 Å². The van der Waals surface area contributed by atoms with Crippen molar-refractivity contribution in [2.24, 2.45) is 0 Å². The molecule has 0 aliphatic rings. The summed E-state index contributed by atoms with van der Waals surface area (Å²) < 4.78 is 0. The number of ketones is 1. The number of Topliss-reactive ketones (excluding diaryl/α,β-unsaturated/α-hetero) is 1. The molecule has 0 amide bonds. The third kappa shape index (κ3) is 2.39. The van der Waals surface area contributed by atoms with E-state index in [0.717, 1.165) is 0 Å². The van der Waals surface area contributed by atoms with Crippen LogP contribution in [0.4, 0.5) is 0 Å². The number of rotatable bonds is 4. The first-order valence-corrected chi connectivity index (χ1v) is 3.77. The van der Waals surface area contributed by atoms with Crippen LogP contribution in [-0.2, 0) is 0 Å². The molecule has 1 N–H and O–H groups in total. The molecule has 0 aromatic carbocycles. The van der Waals surface area contributed by atoms with Crippen molar-refractivity contribution in [1.29, 1.82) is 0 Å². The standard InChI is InChI=1S/C8H11N3O/c1-9-3-2-8(12)7-4-10-6-11-5-7/h4-6,9H,2-3H2,1H3. The second kappa shape index (κ2) is 4.56. The molecule has 0 radical (unpaired) electrons. The number of hydrogen-bond acceptors (Lipinski definition) is 4.